The minimum absolute atomic E-state index is 0.0377. The number of methoxy groups -OCH3 is 1. The number of hydrogen-bond donors (Lipinski definition) is 1. The summed E-state index contributed by atoms with van der Waals surface area (Å²) in [6.45, 7) is 2.39. The van der Waals surface area contributed by atoms with E-state index < -0.39 is 5.92 Å². The van der Waals surface area contributed by atoms with Crippen molar-refractivity contribution in [3.05, 3.63) is 99.9 Å². The van der Waals surface area contributed by atoms with Crippen LogP contribution < -0.4 is 19.9 Å². The largest absolute Gasteiger partial charge is 0.493 e. The van der Waals surface area contributed by atoms with Gasteiger partial charge in [0.2, 0.25) is 11.8 Å². The maximum Gasteiger partial charge on any atom is 0.229 e. The molecule has 2 heterocycles. The van der Waals surface area contributed by atoms with Crippen LogP contribution in [0, 0.1) is 11.3 Å². The molecule has 5 rings (SSSR count). The van der Waals surface area contributed by atoms with Crippen LogP contribution in [-0.4, -0.2) is 23.5 Å². The fraction of sp³-hybridized carbons (Fsp3) is 0.143. The van der Waals surface area contributed by atoms with Gasteiger partial charge >= 0.3 is 0 Å². The zero-order chi connectivity index (χ0) is 25.2. The van der Waals surface area contributed by atoms with Crippen LogP contribution in [0.3, 0.4) is 0 Å². The number of nitriles is 1. The van der Waals surface area contributed by atoms with Gasteiger partial charge in [-0.05, 0) is 52.7 Å². The number of hydrogen-bond acceptors (Lipinski definition) is 6. The minimum Gasteiger partial charge on any atom is -0.493 e. The molecular formula is C28H23BrN4O3. The minimum atomic E-state index is -0.549. The molecule has 8 heteroatoms. The van der Waals surface area contributed by atoms with Crippen molar-refractivity contribution >= 4 is 15.9 Å². The average Bonchev–Trinajstić information content (AvgIpc) is 3.28. The van der Waals surface area contributed by atoms with Crippen LogP contribution in [-0.2, 0) is 0 Å². The van der Waals surface area contributed by atoms with Gasteiger partial charge in [0.1, 0.15) is 17.3 Å². The summed E-state index contributed by atoms with van der Waals surface area (Å²) in [5.74, 6) is 1.09. The standard InChI is InChI=1S/C28H23BrN4O3/c1-3-35-26-21(29)14-18(15-22(26)34-2)23-20(16-30)27(31)36-28-24(23)25(17-10-6-4-7-11-17)32-33(28)19-12-8-5-9-13-19/h4-15,23H,3,31H2,1-2H3/t23-/m1/s1. The van der Waals surface area contributed by atoms with E-state index in [2.05, 4.69) is 22.0 Å². The van der Waals surface area contributed by atoms with E-state index in [1.165, 1.54) is 0 Å². The summed E-state index contributed by atoms with van der Waals surface area (Å²) in [7, 11) is 1.59. The molecule has 0 spiro atoms. The number of fused-ring (bicyclic) bond motifs is 1. The third-order valence-electron chi connectivity index (χ3n) is 5.97. The Labute approximate surface area is 217 Å². The number of aromatic nitrogens is 2. The molecule has 1 atom stereocenters. The van der Waals surface area contributed by atoms with E-state index in [1.807, 2.05) is 79.7 Å². The lowest BCUT2D eigenvalue weighted by Crippen LogP contribution is -2.22. The second-order valence-corrected chi connectivity index (χ2v) is 8.93. The topological polar surface area (TPSA) is 95.3 Å². The summed E-state index contributed by atoms with van der Waals surface area (Å²) in [5.41, 5.74) is 10.6. The van der Waals surface area contributed by atoms with Gasteiger partial charge in [0.05, 0.1) is 35.4 Å². The fourth-order valence-corrected chi connectivity index (χ4v) is 4.99. The Morgan fingerprint density at radius 3 is 2.44 bits per heavy atom. The second kappa shape index (κ2) is 9.80. The van der Waals surface area contributed by atoms with Crippen molar-refractivity contribution < 1.29 is 14.2 Å². The molecular weight excluding hydrogens is 520 g/mol. The molecule has 1 aliphatic rings. The molecule has 180 valence electrons. The first-order chi connectivity index (χ1) is 17.6. The van der Waals surface area contributed by atoms with Gasteiger partial charge < -0.3 is 19.9 Å². The fourth-order valence-electron chi connectivity index (χ4n) is 4.42. The zero-order valence-corrected chi connectivity index (χ0v) is 21.3. The molecule has 3 aromatic carbocycles. The van der Waals surface area contributed by atoms with Gasteiger partial charge in [0.15, 0.2) is 11.5 Å². The predicted octanol–water partition coefficient (Wildman–Crippen LogP) is 5.93. The van der Waals surface area contributed by atoms with E-state index in [9.17, 15) is 5.26 Å². The number of nitrogens with two attached hydrogens (primary N) is 1. The highest BCUT2D eigenvalue weighted by Gasteiger charge is 2.38. The van der Waals surface area contributed by atoms with Crippen LogP contribution in [0.15, 0.2) is 88.7 Å². The highest BCUT2D eigenvalue weighted by Crippen LogP contribution is 2.50. The molecule has 2 N–H and O–H groups in total. The van der Waals surface area contributed by atoms with Crippen molar-refractivity contribution in [3.63, 3.8) is 0 Å². The lowest BCUT2D eigenvalue weighted by atomic mass is 9.83. The number of halogens is 1. The van der Waals surface area contributed by atoms with Gasteiger partial charge in [-0.1, -0.05) is 48.5 Å². The van der Waals surface area contributed by atoms with Crippen molar-refractivity contribution in [2.24, 2.45) is 5.73 Å². The van der Waals surface area contributed by atoms with Gasteiger partial charge in [-0.3, -0.25) is 0 Å². The van der Waals surface area contributed by atoms with E-state index in [1.54, 1.807) is 11.8 Å². The van der Waals surface area contributed by atoms with E-state index in [0.717, 1.165) is 22.4 Å². The first kappa shape index (κ1) is 23.5. The summed E-state index contributed by atoms with van der Waals surface area (Å²) in [4.78, 5) is 0. The second-order valence-electron chi connectivity index (χ2n) is 8.07. The SMILES string of the molecule is CCOc1c(Br)cc([C@@H]2C(C#N)=C(N)Oc3c2c(-c2ccccc2)nn3-c2ccccc2)cc1OC. The molecule has 4 aromatic rings. The van der Waals surface area contributed by atoms with Crippen LogP contribution in [0.1, 0.15) is 24.0 Å². The van der Waals surface area contributed by atoms with Gasteiger partial charge in [-0.25, -0.2) is 0 Å². The predicted molar refractivity (Wildman–Crippen MR) is 140 cm³/mol. The van der Waals surface area contributed by atoms with Crippen molar-refractivity contribution in [1.82, 2.24) is 9.78 Å². The Morgan fingerprint density at radius 1 is 1.11 bits per heavy atom. The maximum absolute atomic E-state index is 10.2. The third kappa shape index (κ3) is 3.97. The molecule has 0 radical (unpaired) electrons. The highest BCUT2D eigenvalue weighted by molar-refractivity contribution is 9.10. The number of rotatable bonds is 6. The molecule has 7 nitrogen and oxygen atoms in total. The monoisotopic (exact) mass is 542 g/mol. The molecule has 1 aromatic heterocycles. The Hall–Kier alpha value is -4.22. The van der Waals surface area contributed by atoms with E-state index in [0.29, 0.717) is 39.7 Å². The summed E-state index contributed by atoms with van der Waals surface area (Å²) in [6, 6.07) is 25.6. The normalized spacial score (nSPS) is 14.6. The van der Waals surface area contributed by atoms with Crippen molar-refractivity contribution in [2.45, 2.75) is 12.8 Å². The Bertz CT molecular complexity index is 1490. The summed E-state index contributed by atoms with van der Waals surface area (Å²) >= 11 is 3.62. The highest BCUT2D eigenvalue weighted by atomic mass is 79.9. The van der Waals surface area contributed by atoms with Crippen LogP contribution in [0.4, 0.5) is 0 Å². The molecule has 0 unspecified atom stereocenters. The van der Waals surface area contributed by atoms with Gasteiger partial charge in [0, 0.05) is 5.56 Å². The van der Waals surface area contributed by atoms with Crippen LogP contribution in [0.25, 0.3) is 16.9 Å². The number of ether oxygens (including phenoxy) is 3. The summed E-state index contributed by atoms with van der Waals surface area (Å²) < 4.78 is 20.0. The first-order valence-electron chi connectivity index (χ1n) is 11.4. The van der Waals surface area contributed by atoms with Gasteiger partial charge in [0.25, 0.3) is 0 Å². The smallest absolute Gasteiger partial charge is 0.229 e. The molecule has 36 heavy (non-hydrogen) atoms. The quantitative estimate of drug-likeness (QED) is 0.324. The van der Waals surface area contributed by atoms with Crippen molar-refractivity contribution in [1.29, 1.82) is 5.26 Å². The molecule has 0 saturated heterocycles. The van der Waals surface area contributed by atoms with Crippen molar-refractivity contribution in [2.75, 3.05) is 13.7 Å². The van der Waals surface area contributed by atoms with Gasteiger partial charge in [-0.15, -0.1) is 0 Å². The average molecular weight is 543 g/mol. The summed E-state index contributed by atoms with van der Waals surface area (Å²) in [6.07, 6.45) is 0. The number of nitrogens with zero attached hydrogens (tertiary/aromatic N) is 3. The first-order valence-corrected chi connectivity index (χ1v) is 12.2. The molecule has 0 aliphatic carbocycles. The molecule has 0 saturated carbocycles. The van der Waals surface area contributed by atoms with E-state index >= 15 is 0 Å². The summed E-state index contributed by atoms with van der Waals surface area (Å²) in [5, 5.41) is 15.1. The Balaban J connectivity index is 1.82. The number of allylic oxidation sites excluding steroid dienone is 1. The lowest BCUT2D eigenvalue weighted by molar-refractivity contribution is 0.308. The molecule has 0 fully saturated rings. The third-order valence-corrected chi connectivity index (χ3v) is 6.56. The lowest BCUT2D eigenvalue weighted by Gasteiger charge is -2.26. The van der Waals surface area contributed by atoms with E-state index in [-0.39, 0.29) is 5.88 Å². The van der Waals surface area contributed by atoms with Crippen LogP contribution >= 0.6 is 15.9 Å². The number of para-hydroxylation sites is 1. The Kier molecular flexibility index (Phi) is 6.40. The zero-order valence-electron chi connectivity index (χ0n) is 19.7. The Morgan fingerprint density at radius 2 is 1.81 bits per heavy atom. The molecule has 1 aliphatic heterocycles. The molecule has 0 amide bonds. The van der Waals surface area contributed by atoms with Crippen molar-refractivity contribution in [3.8, 4) is 40.4 Å². The number of benzene rings is 3. The van der Waals surface area contributed by atoms with Gasteiger partial charge in [-0.2, -0.15) is 15.0 Å². The van der Waals surface area contributed by atoms with E-state index in [4.69, 9.17) is 25.0 Å². The van der Waals surface area contributed by atoms with Crippen LogP contribution in [0.2, 0.25) is 0 Å². The maximum atomic E-state index is 10.2. The molecule has 0 bridgehead atoms. The van der Waals surface area contributed by atoms with Crippen LogP contribution in [0.5, 0.6) is 17.4 Å².